The number of ether oxygens (including phenoxy) is 1. The average Bonchev–Trinajstić information content (AvgIpc) is 2.74. The molecule has 7 heteroatoms. The molecule has 29 heavy (non-hydrogen) atoms. The van der Waals surface area contributed by atoms with Crippen molar-refractivity contribution < 1.29 is 13.9 Å². The van der Waals surface area contributed by atoms with Gasteiger partial charge in [0.05, 0.1) is 5.56 Å². The molecule has 2 aromatic heterocycles. The lowest BCUT2D eigenvalue weighted by molar-refractivity contribution is 0.1000. The van der Waals surface area contributed by atoms with Gasteiger partial charge in [-0.25, -0.2) is 9.37 Å². The number of hydrogen-bond donors (Lipinski definition) is 2. The third kappa shape index (κ3) is 5.58. The summed E-state index contributed by atoms with van der Waals surface area (Å²) in [5.74, 6) is -0.815. The van der Waals surface area contributed by atoms with Crippen molar-refractivity contribution in [1.29, 1.82) is 0 Å². The molecule has 6 nitrogen and oxygen atoms in total. The number of nitrogens with one attached hydrogen (secondary N) is 1. The van der Waals surface area contributed by atoms with Crippen LogP contribution >= 0.6 is 0 Å². The fourth-order valence-electron chi connectivity index (χ4n) is 3.01. The largest absolute Gasteiger partial charge is 0.436 e. The first kappa shape index (κ1) is 20.4. The second-order valence-corrected chi connectivity index (χ2v) is 6.55. The number of halogens is 1. The van der Waals surface area contributed by atoms with E-state index in [1.165, 1.54) is 24.4 Å². The van der Waals surface area contributed by atoms with Crippen molar-refractivity contribution in [3.8, 4) is 11.6 Å². The van der Waals surface area contributed by atoms with Crippen molar-refractivity contribution >= 4 is 5.91 Å². The van der Waals surface area contributed by atoms with E-state index in [0.29, 0.717) is 0 Å². The number of carbonyl (C=O) groups is 1. The highest BCUT2D eigenvalue weighted by Gasteiger charge is 2.14. The molecule has 3 rings (SSSR count). The van der Waals surface area contributed by atoms with E-state index in [1.54, 1.807) is 12.3 Å². The molecular formula is C22H23FN4O2. The van der Waals surface area contributed by atoms with Crippen LogP contribution in [-0.4, -0.2) is 22.4 Å². The Morgan fingerprint density at radius 1 is 1.24 bits per heavy atom. The standard InChI is InChI=1S/C22H23FN4O2/c1-2-26-19(8-5-15-4-3-11-25-13-15)16-6-9-20(18(23)12-16)29-21-10-7-17(14-27-21)22(24)28/h3-4,6-7,9-14,19,26H,2,5,8H2,1H3,(H2,24,28). The molecule has 0 aliphatic carbocycles. The second kappa shape index (κ2) is 9.75. The summed E-state index contributed by atoms with van der Waals surface area (Å²) >= 11 is 0. The van der Waals surface area contributed by atoms with Crippen molar-refractivity contribution in [3.05, 3.63) is 83.6 Å². The van der Waals surface area contributed by atoms with Crippen LogP contribution < -0.4 is 15.8 Å². The molecule has 1 atom stereocenters. The Kier molecular flexibility index (Phi) is 6.86. The van der Waals surface area contributed by atoms with Crippen molar-refractivity contribution in [2.24, 2.45) is 5.73 Å². The van der Waals surface area contributed by atoms with Crippen LogP contribution in [0.5, 0.6) is 11.6 Å². The van der Waals surface area contributed by atoms with Crippen LogP contribution in [0.2, 0.25) is 0 Å². The highest BCUT2D eigenvalue weighted by Crippen LogP contribution is 2.27. The summed E-state index contributed by atoms with van der Waals surface area (Å²) in [7, 11) is 0. The first-order valence-corrected chi connectivity index (χ1v) is 9.42. The first-order valence-electron chi connectivity index (χ1n) is 9.42. The normalized spacial score (nSPS) is 11.8. The van der Waals surface area contributed by atoms with Crippen molar-refractivity contribution in [2.45, 2.75) is 25.8 Å². The number of aryl methyl sites for hydroxylation is 1. The number of primary amides is 1. The summed E-state index contributed by atoms with van der Waals surface area (Å²) in [6.45, 7) is 2.79. The van der Waals surface area contributed by atoms with Crippen LogP contribution in [0.1, 0.15) is 40.9 Å². The van der Waals surface area contributed by atoms with Gasteiger partial charge < -0.3 is 15.8 Å². The maximum atomic E-state index is 14.6. The van der Waals surface area contributed by atoms with Crippen molar-refractivity contribution in [1.82, 2.24) is 15.3 Å². The molecule has 0 saturated carbocycles. The number of nitrogens with two attached hydrogens (primary N) is 1. The number of pyridine rings is 2. The third-order valence-electron chi connectivity index (χ3n) is 4.49. The first-order chi connectivity index (χ1) is 14.1. The average molecular weight is 394 g/mol. The minimum absolute atomic E-state index is 0.0109. The zero-order chi connectivity index (χ0) is 20.6. The molecule has 0 aliphatic heterocycles. The maximum Gasteiger partial charge on any atom is 0.250 e. The van der Waals surface area contributed by atoms with Crippen LogP contribution in [0.3, 0.4) is 0 Å². The molecule has 150 valence electrons. The number of hydrogen-bond acceptors (Lipinski definition) is 5. The molecule has 3 aromatic rings. The number of benzene rings is 1. The smallest absolute Gasteiger partial charge is 0.250 e. The van der Waals surface area contributed by atoms with E-state index in [2.05, 4.69) is 15.3 Å². The zero-order valence-corrected chi connectivity index (χ0v) is 16.1. The minimum Gasteiger partial charge on any atom is -0.436 e. The molecule has 0 fully saturated rings. The summed E-state index contributed by atoms with van der Waals surface area (Å²) in [6, 6.07) is 11.8. The lowest BCUT2D eigenvalue weighted by atomic mass is 9.99. The summed E-state index contributed by atoms with van der Waals surface area (Å²) in [6.07, 6.45) is 6.53. The van der Waals surface area contributed by atoms with E-state index < -0.39 is 11.7 Å². The Hall–Kier alpha value is -3.32. The van der Waals surface area contributed by atoms with Gasteiger partial charge in [-0.1, -0.05) is 19.1 Å². The minimum atomic E-state index is -0.583. The fraction of sp³-hybridized carbons (Fsp3) is 0.227. The number of nitrogens with zero attached hydrogens (tertiary/aromatic N) is 2. The monoisotopic (exact) mass is 394 g/mol. The molecule has 0 saturated heterocycles. The molecular weight excluding hydrogens is 371 g/mol. The van der Waals surface area contributed by atoms with Gasteiger partial charge in [0.2, 0.25) is 11.8 Å². The van der Waals surface area contributed by atoms with Crippen LogP contribution in [0, 0.1) is 5.82 Å². The van der Waals surface area contributed by atoms with Gasteiger partial charge in [0.1, 0.15) is 0 Å². The van der Waals surface area contributed by atoms with E-state index in [4.69, 9.17) is 10.5 Å². The summed E-state index contributed by atoms with van der Waals surface area (Å²) in [5.41, 5.74) is 7.43. The highest BCUT2D eigenvalue weighted by molar-refractivity contribution is 5.92. The number of amides is 1. The van der Waals surface area contributed by atoms with Gasteiger partial charge in [0, 0.05) is 30.7 Å². The van der Waals surface area contributed by atoms with Gasteiger partial charge in [0.15, 0.2) is 11.6 Å². The third-order valence-corrected chi connectivity index (χ3v) is 4.49. The number of aromatic nitrogens is 2. The van der Waals surface area contributed by atoms with E-state index >= 15 is 0 Å². The Bertz CT molecular complexity index is 949. The molecule has 2 heterocycles. The van der Waals surface area contributed by atoms with Gasteiger partial charge in [-0.3, -0.25) is 9.78 Å². The number of carbonyl (C=O) groups excluding carboxylic acids is 1. The van der Waals surface area contributed by atoms with Gasteiger partial charge in [-0.15, -0.1) is 0 Å². The Labute approximate surface area is 169 Å². The molecule has 1 amide bonds. The SMILES string of the molecule is CCNC(CCc1cccnc1)c1ccc(Oc2ccc(C(N)=O)cn2)c(F)c1. The van der Waals surface area contributed by atoms with Gasteiger partial charge >= 0.3 is 0 Å². The van der Waals surface area contributed by atoms with E-state index in [1.807, 2.05) is 31.3 Å². The lowest BCUT2D eigenvalue weighted by Gasteiger charge is -2.19. The molecule has 1 unspecified atom stereocenters. The fourth-order valence-corrected chi connectivity index (χ4v) is 3.01. The lowest BCUT2D eigenvalue weighted by Crippen LogP contribution is -2.21. The van der Waals surface area contributed by atoms with Crippen LogP contribution in [0.25, 0.3) is 0 Å². The predicted octanol–water partition coefficient (Wildman–Crippen LogP) is 3.79. The molecule has 0 bridgehead atoms. The molecule has 1 aromatic carbocycles. The Morgan fingerprint density at radius 2 is 2.10 bits per heavy atom. The molecule has 0 radical (unpaired) electrons. The summed E-state index contributed by atoms with van der Waals surface area (Å²) in [5, 5.41) is 3.40. The summed E-state index contributed by atoms with van der Waals surface area (Å²) in [4.78, 5) is 19.2. The Morgan fingerprint density at radius 3 is 2.72 bits per heavy atom. The maximum absolute atomic E-state index is 14.6. The van der Waals surface area contributed by atoms with Gasteiger partial charge in [-0.2, -0.15) is 0 Å². The predicted molar refractivity (Wildman–Crippen MR) is 108 cm³/mol. The van der Waals surface area contributed by atoms with Crippen LogP contribution in [0.4, 0.5) is 4.39 Å². The van der Waals surface area contributed by atoms with Crippen molar-refractivity contribution in [2.75, 3.05) is 6.54 Å². The number of rotatable bonds is 9. The highest BCUT2D eigenvalue weighted by atomic mass is 19.1. The van der Waals surface area contributed by atoms with Crippen molar-refractivity contribution in [3.63, 3.8) is 0 Å². The van der Waals surface area contributed by atoms with Crippen LogP contribution in [0.15, 0.2) is 61.1 Å². The second-order valence-electron chi connectivity index (χ2n) is 6.55. The van der Waals surface area contributed by atoms with E-state index in [9.17, 15) is 9.18 Å². The topological polar surface area (TPSA) is 90.1 Å². The molecule has 0 aliphatic rings. The van der Waals surface area contributed by atoms with Gasteiger partial charge in [0.25, 0.3) is 0 Å². The summed E-state index contributed by atoms with van der Waals surface area (Å²) < 4.78 is 20.1. The Balaban J connectivity index is 1.71. The van der Waals surface area contributed by atoms with E-state index in [-0.39, 0.29) is 23.2 Å². The molecule has 3 N–H and O–H groups in total. The zero-order valence-electron chi connectivity index (χ0n) is 16.1. The van der Waals surface area contributed by atoms with Crippen LogP contribution in [-0.2, 0) is 6.42 Å². The van der Waals surface area contributed by atoms with E-state index in [0.717, 1.165) is 30.5 Å². The quantitative estimate of drug-likeness (QED) is 0.576. The molecule has 0 spiro atoms. The van der Waals surface area contributed by atoms with Gasteiger partial charge in [-0.05, 0) is 54.8 Å².